The number of thiophene rings is 1. The molecule has 0 radical (unpaired) electrons. The van der Waals surface area contributed by atoms with E-state index in [1.165, 1.54) is 17.2 Å². The highest BCUT2D eigenvalue weighted by Gasteiger charge is 2.23. The van der Waals surface area contributed by atoms with Gasteiger partial charge in [-0.25, -0.2) is 4.39 Å². The lowest BCUT2D eigenvalue weighted by atomic mass is 9.88. The first-order valence-corrected chi connectivity index (χ1v) is 11.7. The lowest BCUT2D eigenvalue weighted by Crippen LogP contribution is -2.33. The number of aryl methyl sites for hydroxylation is 1. The van der Waals surface area contributed by atoms with Gasteiger partial charge in [0, 0.05) is 17.3 Å². The average molecular weight is 444 g/mol. The fourth-order valence-electron chi connectivity index (χ4n) is 3.98. The predicted octanol–water partition coefficient (Wildman–Crippen LogP) is 7.06. The van der Waals surface area contributed by atoms with Crippen molar-refractivity contribution in [2.24, 2.45) is 0 Å². The molecule has 0 fully saturated rings. The van der Waals surface area contributed by atoms with E-state index in [0.717, 1.165) is 16.9 Å². The topological polar surface area (TPSA) is 20.3 Å². The van der Waals surface area contributed by atoms with Gasteiger partial charge in [0.25, 0.3) is 5.91 Å². The molecule has 0 unspecified atom stereocenters. The summed E-state index contributed by atoms with van der Waals surface area (Å²) in [5.74, 6) is -0.596. The number of benzene rings is 3. The van der Waals surface area contributed by atoms with E-state index in [4.69, 9.17) is 0 Å². The number of amides is 1. The van der Waals surface area contributed by atoms with Gasteiger partial charge >= 0.3 is 0 Å². The molecular weight excluding hydrogens is 417 g/mol. The maximum atomic E-state index is 14.4. The summed E-state index contributed by atoms with van der Waals surface area (Å²) in [5.41, 5.74) is 3.70. The molecule has 4 heteroatoms. The number of nitrogens with zero attached hydrogens (tertiary/aromatic N) is 1. The standard InChI is InChI=1S/C28H26FNOS/c1-21-17-19-32-27(21)20-30(28(31)25-14-8-9-15-26(25)29)18-16-24(22-10-4-2-5-11-22)23-12-6-3-7-13-23/h2-15,17,19,24H,16,18,20H2,1H3. The predicted molar refractivity (Wildman–Crippen MR) is 130 cm³/mol. The van der Waals surface area contributed by atoms with E-state index >= 15 is 0 Å². The SMILES string of the molecule is Cc1ccsc1CN(CCC(c1ccccc1)c1ccccc1)C(=O)c1ccccc1F. The number of rotatable bonds is 8. The lowest BCUT2D eigenvalue weighted by molar-refractivity contribution is 0.0736. The maximum Gasteiger partial charge on any atom is 0.257 e. The number of hydrogen-bond donors (Lipinski definition) is 0. The molecule has 162 valence electrons. The van der Waals surface area contributed by atoms with E-state index in [2.05, 4.69) is 30.3 Å². The van der Waals surface area contributed by atoms with E-state index < -0.39 is 5.82 Å². The van der Waals surface area contributed by atoms with E-state index in [9.17, 15) is 9.18 Å². The molecule has 0 aliphatic heterocycles. The third kappa shape index (κ3) is 5.14. The van der Waals surface area contributed by atoms with Gasteiger partial charge in [0.1, 0.15) is 5.82 Å². The Kier molecular flexibility index (Phi) is 7.13. The molecule has 0 aliphatic carbocycles. The van der Waals surface area contributed by atoms with Gasteiger partial charge in [-0.2, -0.15) is 0 Å². The summed E-state index contributed by atoms with van der Waals surface area (Å²) < 4.78 is 14.4. The summed E-state index contributed by atoms with van der Waals surface area (Å²) in [6.45, 7) is 3.06. The molecule has 1 heterocycles. The Hall–Kier alpha value is -3.24. The van der Waals surface area contributed by atoms with Crippen LogP contribution in [0, 0.1) is 12.7 Å². The van der Waals surface area contributed by atoms with Crippen molar-refractivity contribution in [3.8, 4) is 0 Å². The fraction of sp³-hybridized carbons (Fsp3) is 0.179. The second kappa shape index (κ2) is 10.4. The summed E-state index contributed by atoms with van der Waals surface area (Å²) in [5, 5.41) is 2.03. The first-order valence-electron chi connectivity index (χ1n) is 10.8. The summed E-state index contributed by atoms with van der Waals surface area (Å²) >= 11 is 1.63. The molecule has 0 aliphatic rings. The molecule has 0 saturated heterocycles. The Labute approximate surface area is 193 Å². The van der Waals surface area contributed by atoms with Crippen molar-refractivity contribution in [2.75, 3.05) is 6.54 Å². The van der Waals surface area contributed by atoms with Crippen LogP contribution in [0.25, 0.3) is 0 Å². The van der Waals surface area contributed by atoms with Crippen LogP contribution in [0.5, 0.6) is 0 Å². The highest BCUT2D eigenvalue weighted by molar-refractivity contribution is 7.10. The molecule has 0 N–H and O–H groups in total. The molecule has 1 aromatic heterocycles. The van der Waals surface area contributed by atoms with E-state index in [1.807, 2.05) is 48.7 Å². The van der Waals surface area contributed by atoms with Crippen LogP contribution in [-0.2, 0) is 6.54 Å². The summed E-state index contributed by atoms with van der Waals surface area (Å²) in [6.07, 6.45) is 0.749. The van der Waals surface area contributed by atoms with Crippen LogP contribution in [-0.4, -0.2) is 17.4 Å². The summed E-state index contributed by atoms with van der Waals surface area (Å²) in [6, 6.07) is 29.0. The number of hydrogen-bond acceptors (Lipinski definition) is 2. The van der Waals surface area contributed by atoms with Crippen molar-refractivity contribution in [2.45, 2.75) is 25.8 Å². The second-order valence-electron chi connectivity index (χ2n) is 7.90. The molecule has 0 saturated carbocycles. The highest BCUT2D eigenvalue weighted by atomic mass is 32.1. The Bertz CT molecular complexity index is 1120. The first kappa shape index (κ1) is 22.0. The van der Waals surface area contributed by atoms with E-state index in [-0.39, 0.29) is 17.4 Å². The Morgan fingerprint density at radius 1 is 0.875 bits per heavy atom. The number of carbonyl (C=O) groups excluding carboxylic acids is 1. The molecule has 4 rings (SSSR count). The molecule has 32 heavy (non-hydrogen) atoms. The quantitative estimate of drug-likeness (QED) is 0.285. The minimum absolute atomic E-state index is 0.123. The normalized spacial score (nSPS) is 11.0. The molecule has 3 aromatic carbocycles. The maximum absolute atomic E-state index is 14.4. The zero-order valence-corrected chi connectivity index (χ0v) is 18.9. The summed E-state index contributed by atoms with van der Waals surface area (Å²) in [7, 11) is 0. The third-order valence-corrected chi connectivity index (χ3v) is 6.79. The molecule has 2 nitrogen and oxygen atoms in total. The largest absolute Gasteiger partial charge is 0.333 e. The van der Waals surface area contributed by atoms with Crippen molar-refractivity contribution in [1.82, 2.24) is 4.90 Å². The van der Waals surface area contributed by atoms with Gasteiger partial charge in [-0.1, -0.05) is 72.8 Å². The molecule has 0 spiro atoms. The first-order chi connectivity index (χ1) is 15.6. The average Bonchev–Trinajstić information content (AvgIpc) is 3.24. The van der Waals surface area contributed by atoms with E-state index in [1.54, 1.807) is 34.4 Å². The molecule has 0 bridgehead atoms. The van der Waals surface area contributed by atoms with Crippen molar-refractivity contribution in [3.63, 3.8) is 0 Å². The van der Waals surface area contributed by atoms with Crippen molar-refractivity contribution >= 4 is 17.2 Å². The van der Waals surface area contributed by atoms with Gasteiger partial charge in [-0.3, -0.25) is 4.79 Å². The van der Waals surface area contributed by atoms with Gasteiger partial charge in [-0.05, 0) is 53.6 Å². The zero-order chi connectivity index (χ0) is 22.3. The monoisotopic (exact) mass is 443 g/mol. The van der Waals surface area contributed by atoms with Crippen LogP contribution in [0.2, 0.25) is 0 Å². The van der Waals surface area contributed by atoms with Gasteiger partial charge in [0.2, 0.25) is 0 Å². The second-order valence-corrected chi connectivity index (χ2v) is 8.90. The Morgan fingerprint density at radius 3 is 2.03 bits per heavy atom. The van der Waals surface area contributed by atoms with Crippen LogP contribution in [0.1, 0.15) is 44.3 Å². The minimum atomic E-state index is -0.479. The lowest BCUT2D eigenvalue weighted by Gasteiger charge is -2.26. The molecule has 0 atom stereocenters. The number of carbonyl (C=O) groups is 1. The fourth-order valence-corrected chi connectivity index (χ4v) is 4.90. The third-order valence-electron chi connectivity index (χ3n) is 5.79. The zero-order valence-electron chi connectivity index (χ0n) is 18.1. The minimum Gasteiger partial charge on any atom is -0.333 e. The van der Waals surface area contributed by atoms with Gasteiger partial charge in [0.05, 0.1) is 12.1 Å². The molecular formula is C28H26FNOS. The van der Waals surface area contributed by atoms with Crippen molar-refractivity contribution in [3.05, 3.63) is 129 Å². The van der Waals surface area contributed by atoms with Crippen LogP contribution >= 0.6 is 11.3 Å². The van der Waals surface area contributed by atoms with Gasteiger partial charge in [0.15, 0.2) is 0 Å². The Morgan fingerprint density at radius 2 is 1.47 bits per heavy atom. The highest BCUT2D eigenvalue weighted by Crippen LogP contribution is 2.29. The number of halogens is 1. The van der Waals surface area contributed by atoms with Crippen LogP contribution < -0.4 is 0 Å². The van der Waals surface area contributed by atoms with Crippen LogP contribution in [0.15, 0.2) is 96.4 Å². The summed E-state index contributed by atoms with van der Waals surface area (Å²) in [4.78, 5) is 16.3. The van der Waals surface area contributed by atoms with Crippen LogP contribution in [0.3, 0.4) is 0 Å². The van der Waals surface area contributed by atoms with Crippen molar-refractivity contribution < 1.29 is 9.18 Å². The van der Waals surface area contributed by atoms with E-state index in [0.29, 0.717) is 13.1 Å². The smallest absolute Gasteiger partial charge is 0.257 e. The van der Waals surface area contributed by atoms with Gasteiger partial charge in [-0.15, -0.1) is 11.3 Å². The van der Waals surface area contributed by atoms with Gasteiger partial charge < -0.3 is 4.90 Å². The molecule has 4 aromatic rings. The Balaban J connectivity index is 1.62. The van der Waals surface area contributed by atoms with Crippen molar-refractivity contribution in [1.29, 1.82) is 0 Å². The molecule has 1 amide bonds. The van der Waals surface area contributed by atoms with Crippen LogP contribution in [0.4, 0.5) is 4.39 Å².